The molecule has 1 aromatic carbocycles. The molecule has 2 rings (SSSR count). The van der Waals surface area contributed by atoms with Gasteiger partial charge in [0.2, 0.25) is 0 Å². The number of nitrogens with one attached hydrogen (secondary N) is 1. The summed E-state index contributed by atoms with van der Waals surface area (Å²) in [5.74, 6) is 0.315. The summed E-state index contributed by atoms with van der Waals surface area (Å²) in [6.07, 6.45) is 2.14. The van der Waals surface area contributed by atoms with Crippen molar-refractivity contribution in [2.75, 3.05) is 13.1 Å². The highest BCUT2D eigenvalue weighted by Crippen LogP contribution is 2.33. The van der Waals surface area contributed by atoms with Crippen LogP contribution in [-0.4, -0.2) is 13.1 Å². The maximum Gasteiger partial charge on any atom is 0.130 e. The van der Waals surface area contributed by atoms with Crippen LogP contribution in [0.4, 0.5) is 4.39 Å². The summed E-state index contributed by atoms with van der Waals surface area (Å²) in [5, 5.41) is 3.87. The van der Waals surface area contributed by atoms with Gasteiger partial charge in [0.25, 0.3) is 0 Å². The van der Waals surface area contributed by atoms with E-state index in [0.29, 0.717) is 16.5 Å². The van der Waals surface area contributed by atoms with Crippen LogP contribution >= 0.6 is 11.6 Å². The molecule has 1 saturated heterocycles. The first-order valence-electron chi connectivity index (χ1n) is 5.77. The maximum absolute atomic E-state index is 13.9. The second-order valence-electron chi connectivity index (χ2n) is 4.54. The number of rotatable bonds is 1. The number of hydrogen-bond acceptors (Lipinski definition) is 1. The van der Waals surface area contributed by atoms with Crippen molar-refractivity contribution in [1.82, 2.24) is 5.32 Å². The fourth-order valence-corrected chi connectivity index (χ4v) is 2.62. The minimum Gasteiger partial charge on any atom is -0.317 e. The Morgan fingerprint density at radius 3 is 2.50 bits per heavy atom. The highest BCUT2D eigenvalue weighted by molar-refractivity contribution is 6.31. The van der Waals surface area contributed by atoms with E-state index in [1.165, 1.54) is 0 Å². The molecule has 1 heterocycles. The molecule has 88 valence electrons. The predicted octanol–water partition coefficient (Wildman–Crippen LogP) is 3.56. The summed E-state index contributed by atoms with van der Waals surface area (Å²) in [6, 6.07) is 1.95. The normalized spacial score (nSPS) is 17.8. The van der Waals surface area contributed by atoms with E-state index < -0.39 is 0 Å². The fraction of sp³-hybridized carbons (Fsp3) is 0.538. The smallest absolute Gasteiger partial charge is 0.130 e. The zero-order chi connectivity index (χ0) is 11.7. The van der Waals surface area contributed by atoms with Gasteiger partial charge in [-0.1, -0.05) is 11.6 Å². The number of hydrogen-bond donors (Lipinski definition) is 1. The van der Waals surface area contributed by atoms with Gasteiger partial charge < -0.3 is 5.32 Å². The van der Waals surface area contributed by atoms with Gasteiger partial charge in [-0.3, -0.25) is 0 Å². The van der Waals surface area contributed by atoms with Crippen molar-refractivity contribution in [3.63, 3.8) is 0 Å². The largest absolute Gasteiger partial charge is 0.317 e. The first kappa shape index (κ1) is 11.9. The van der Waals surface area contributed by atoms with E-state index in [1.807, 2.05) is 13.0 Å². The molecule has 0 aliphatic carbocycles. The van der Waals surface area contributed by atoms with E-state index in [9.17, 15) is 4.39 Å². The second-order valence-corrected chi connectivity index (χ2v) is 4.94. The molecule has 0 spiro atoms. The third kappa shape index (κ3) is 2.09. The van der Waals surface area contributed by atoms with E-state index in [0.717, 1.165) is 37.1 Å². The zero-order valence-corrected chi connectivity index (χ0v) is 10.5. The van der Waals surface area contributed by atoms with E-state index in [2.05, 4.69) is 5.32 Å². The molecule has 0 atom stereocenters. The van der Waals surface area contributed by atoms with Gasteiger partial charge in [0, 0.05) is 10.6 Å². The van der Waals surface area contributed by atoms with Crippen LogP contribution in [0.5, 0.6) is 0 Å². The summed E-state index contributed by atoms with van der Waals surface area (Å²) in [7, 11) is 0. The number of halogens is 2. The molecule has 0 aromatic heterocycles. The quantitative estimate of drug-likeness (QED) is 0.793. The lowest BCUT2D eigenvalue weighted by Gasteiger charge is -2.25. The number of benzene rings is 1. The SMILES string of the molecule is Cc1c(Cl)cc(C2CCNCC2)c(C)c1F. The summed E-state index contributed by atoms with van der Waals surface area (Å²) < 4.78 is 13.9. The van der Waals surface area contributed by atoms with Gasteiger partial charge in [-0.2, -0.15) is 0 Å². The topological polar surface area (TPSA) is 12.0 Å². The molecular weight excluding hydrogens is 225 g/mol. The van der Waals surface area contributed by atoms with Crippen LogP contribution < -0.4 is 5.32 Å². The molecule has 0 amide bonds. The first-order chi connectivity index (χ1) is 7.61. The Balaban J connectivity index is 2.40. The van der Waals surface area contributed by atoms with Gasteiger partial charge in [0.1, 0.15) is 5.82 Å². The highest BCUT2D eigenvalue weighted by Gasteiger charge is 2.20. The lowest BCUT2D eigenvalue weighted by molar-refractivity contribution is 0.456. The van der Waals surface area contributed by atoms with E-state index in [-0.39, 0.29) is 5.82 Å². The van der Waals surface area contributed by atoms with Crippen LogP contribution in [0.1, 0.15) is 35.4 Å². The lowest BCUT2D eigenvalue weighted by atomic mass is 9.86. The van der Waals surface area contributed by atoms with E-state index >= 15 is 0 Å². The van der Waals surface area contributed by atoms with Crippen molar-refractivity contribution in [2.45, 2.75) is 32.6 Å². The predicted molar refractivity (Wildman–Crippen MR) is 65.7 cm³/mol. The molecule has 1 aliphatic rings. The molecule has 16 heavy (non-hydrogen) atoms. The van der Waals surface area contributed by atoms with Crippen molar-refractivity contribution < 1.29 is 4.39 Å². The van der Waals surface area contributed by atoms with Crippen LogP contribution in [0.2, 0.25) is 5.02 Å². The van der Waals surface area contributed by atoms with Crippen LogP contribution in [0.3, 0.4) is 0 Å². The van der Waals surface area contributed by atoms with Crippen molar-refractivity contribution in [2.24, 2.45) is 0 Å². The van der Waals surface area contributed by atoms with Gasteiger partial charge in [0.15, 0.2) is 0 Å². The van der Waals surface area contributed by atoms with Gasteiger partial charge in [0.05, 0.1) is 0 Å². The van der Waals surface area contributed by atoms with E-state index in [1.54, 1.807) is 6.92 Å². The second kappa shape index (κ2) is 4.72. The Morgan fingerprint density at radius 1 is 1.25 bits per heavy atom. The van der Waals surface area contributed by atoms with E-state index in [4.69, 9.17) is 11.6 Å². The minimum atomic E-state index is -0.138. The minimum absolute atomic E-state index is 0.138. The molecule has 0 bridgehead atoms. The molecule has 0 radical (unpaired) electrons. The molecule has 0 unspecified atom stereocenters. The lowest BCUT2D eigenvalue weighted by Crippen LogP contribution is -2.27. The summed E-state index contributed by atoms with van der Waals surface area (Å²) >= 11 is 6.05. The molecule has 0 saturated carbocycles. The van der Waals surface area contributed by atoms with Crippen molar-refractivity contribution in [3.05, 3.63) is 33.6 Å². The fourth-order valence-electron chi connectivity index (χ4n) is 2.42. The third-order valence-electron chi connectivity index (χ3n) is 3.51. The highest BCUT2D eigenvalue weighted by atomic mass is 35.5. The van der Waals surface area contributed by atoms with Gasteiger partial charge in [-0.25, -0.2) is 4.39 Å². The molecule has 1 aromatic rings. The van der Waals surface area contributed by atoms with Crippen molar-refractivity contribution >= 4 is 11.6 Å². The molecule has 1 N–H and O–H groups in total. The van der Waals surface area contributed by atoms with Gasteiger partial charge in [-0.05, 0) is 62.9 Å². The zero-order valence-electron chi connectivity index (χ0n) is 9.74. The Morgan fingerprint density at radius 2 is 1.88 bits per heavy atom. The average Bonchev–Trinajstić information content (AvgIpc) is 2.32. The van der Waals surface area contributed by atoms with Crippen LogP contribution in [0, 0.1) is 19.7 Å². The third-order valence-corrected chi connectivity index (χ3v) is 3.90. The molecule has 3 heteroatoms. The van der Waals surface area contributed by atoms with Crippen LogP contribution in [0.15, 0.2) is 6.07 Å². The Labute approximate surface area is 101 Å². The average molecular weight is 242 g/mol. The summed E-state index contributed by atoms with van der Waals surface area (Å²) in [5.41, 5.74) is 2.43. The number of piperidine rings is 1. The Bertz CT molecular complexity index is 397. The van der Waals surface area contributed by atoms with Crippen molar-refractivity contribution in [3.8, 4) is 0 Å². The molecule has 1 fully saturated rings. The summed E-state index contributed by atoms with van der Waals surface area (Å²) in [6.45, 7) is 5.61. The maximum atomic E-state index is 13.9. The summed E-state index contributed by atoms with van der Waals surface area (Å²) in [4.78, 5) is 0. The van der Waals surface area contributed by atoms with Gasteiger partial charge >= 0.3 is 0 Å². The van der Waals surface area contributed by atoms with Crippen LogP contribution in [-0.2, 0) is 0 Å². The van der Waals surface area contributed by atoms with Crippen molar-refractivity contribution in [1.29, 1.82) is 0 Å². The first-order valence-corrected chi connectivity index (χ1v) is 6.15. The molecule has 1 nitrogen and oxygen atoms in total. The van der Waals surface area contributed by atoms with Gasteiger partial charge in [-0.15, -0.1) is 0 Å². The van der Waals surface area contributed by atoms with Crippen LogP contribution in [0.25, 0.3) is 0 Å². The monoisotopic (exact) mass is 241 g/mol. The Hall–Kier alpha value is -0.600. The Kier molecular flexibility index (Phi) is 3.50. The molecular formula is C13H17ClFN. The molecule has 1 aliphatic heterocycles. The standard InChI is InChI=1S/C13H17ClFN/c1-8-11(10-3-5-16-6-4-10)7-12(14)9(2)13(8)15/h7,10,16H,3-6H2,1-2H3.